The van der Waals surface area contributed by atoms with E-state index < -0.39 is 17.5 Å². The Morgan fingerprint density at radius 2 is 1.24 bits per heavy atom. The Hall–Kier alpha value is -4.27. The van der Waals surface area contributed by atoms with Gasteiger partial charge in [-0.2, -0.15) is 0 Å². The lowest BCUT2D eigenvalue weighted by Gasteiger charge is -2.18. The molecule has 0 N–H and O–H groups in total. The van der Waals surface area contributed by atoms with E-state index >= 15 is 0 Å². The standard InChI is InChI=1S/C24H22O9/c1-28-18-7-6-13(8-21(18)30-3)24(27)33-19-12-23(32-5)22(31-4)10-15(19)14-9-17(26)20(29-2)11-16(14)25/h6-12H,1-5H3. The second-order valence-electron chi connectivity index (χ2n) is 6.66. The van der Waals surface area contributed by atoms with Crippen LogP contribution in [0.2, 0.25) is 0 Å². The van der Waals surface area contributed by atoms with E-state index in [9.17, 15) is 14.4 Å². The van der Waals surface area contributed by atoms with E-state index in [0.29, 0.717) is 11.5 Å². The van der Waals surface area contributed by atoms with Gasteiger partial charge in [-0.25, -0.2) is 4.79 Å². The van der Waals surface area contributed by atoms with Crippen molar-refractivity contribution in [3.63, 3.8) is 0 Å². The number of hydrogen-bond acceptors (Lipinski definition) is 9. The van der Waals surface area contributed by atoms with Gasteiger partial charge in [0.05, 0.1) is 41.1 Å². The van der Waals surface area contributed by atoms with E-state index in [4.69, 9.17) is 28.4 Å². The first-order chi connectivity index (χ1) is 15.9. The predicted octanol–water partition coefficient (Wildman–Crippen LogP) is 3.01. The summed E-state index contributed by atoms with van der Waals surface area (Å²) >= 11 is 0. The van der Waals surface area contributed by atoms with Gasteiger partial charge in [0.15, 0.2) is 34.5 Å². The monoisotopic (exact) mass is 454 g/mol. The molecule has 0 unspecified atom stereocenters. The molecule has 2 aromatic carbocycles. The minimum absolute atomic E-state index is 0.00546. The van der Waals surface area contributed by atoms with E-state index in [1.807, 2.05) is 0 Å². The zero-order valence-corrected chi connectivity index (χ0v) is 18.7. The Bertz CT molecular complexity index is 1170. The summed E-state index contributed by atoms with van der Waals surface area (Å²) < 4.78 is 31.6. The van der Waals surface area contributed by atoms with E-state index in [1.54, 1.807) is 6.07 Å². The van der Waals surface area contributed by atoms with Gasteiger partial charge >= 0.3 is 5.97 Å². The van der Waals surface area contributed by atoms with Crippen LogP contribution in [0.25, 0.3) is 5.57 Å². The third kappa shape index (κ3) is 4.67. The van der Waals surface area contributed by atoms with Crippen LogP contribution in [-0.4, -0.2) is 53.1 Å². The Balaban J connectivity index is 2.07. The fourth-order valence-electron chi connectivity index (χ4n) is 3.19. The molecular formula is C24H22O9. The fraction of sp³-hybridized carbons (Fsp3) is 0.208. The van der Waals surface area contributed by atoms with Crippen molar-refractivity contribution < 1.29 is 42.8 Å². The quantitative estimate of drug-likeness (QED) is 0.338. The number of rotatable bonds is 8. The maximum atomic E-state index is 12.9. The number of methoxy groups -OCH3 is 5. The number of carbonyl (C=O) groups excluding carboxylic acids is 3. The van der Waals surface area contributed by atoms with E-state index in [2.05, 4.69) is 0 Å². The Morgan fingerprint density at radius 3 is 1.85 bits per heavy atom. The van der Waals surface area contributed by atoms with E-state index in [-0.39, 0.29) is 39.7 Å². The highest BCUT2D eigenvalue weighted by molar-refractivity contribution is 6.35. The number of ether oxygens (including phenoxy) is 6. The van der Waals surface area contributed by atoms with Crippen molar-refractivity contribution in [1.82, 2.24) is 0 Å². The number of ketones is 2. The molecule has 0 fully saturated rings. The van der Waals surface area contributed by atoms with Crippen molar-refractivity contribution in [3.8, 4) is 28.7 Å². The van der Waals surface area contributed by atoms with Crippen molar-refractivity contribution in [3.05, 3.63) is 59.4 Å². The van der Waals surface area contributed by atoms with E-state index in [0.717, 1.165) is 12.2 Å². The summed E-state index contributed by atoms with van der Waals surface area (Å²) in [5, 5.41) is 0. The lowest BCUT2D eigenvalue weighted by atomic mass is 9.94. The van der Waals surface area contributed by atoms with Gasteiger partial charge in [0.2, 0.25) is 5.78 Å². The number of hydrogen-bond donors (Lipinski definition) is 0. The van der Waals surface area contributed by atoms with Crippen LogP contribution >= 0.6 is 0 Å². The highest BCUT2D eigenvalue weighted by atomic mass is 16.5. The lowest BCUT2D eigenvalue weighted by Crippen LogP contribution is -2.16. The largest absolute Gasteiger partial charge is 0.493 e. The first-order valence-electron chi connectivity index (χ1n) is 9.63. The van der Waals surface area contributed by atoms with Gasteiger partial charge in [0, 0.05) is 29.4 Å². The molecule has 2 aromatic rings. The maximum absolute atomic E-state index is 12.9. The molecule has 1 aliphatic rings. The summed E-state index contributed by atoms with van der Waals surface area (Å²) in [6.07, 6.45) is 2.20. The average molecular weight is 454 g/mol. The molecule has 0 aromatic heterocycles. The van der Waals surface area contributed by atoms with E-state index in [1.165, 1.54) is 59.8 Å². The molecule has 0 bridgehead atoms. The molecule has 9 heteroatoms. The van der Waals surface area contributed by atoms with Crippen molar-refractivity contribution >= 4 is 23.1 Å². The van der Waals surface area contributed by atoms with Crippen LogP contribution in [0.1, 0.15) is 15.9 Å². The highest BCUT2D eigenvalue weighted by Gasteiger charge is 2.27. The molecule has 9 nitrogen and oxygen atoms in total. The highest BCUT2D eigenvalue weighted by Crippen LogP contribution is 2.40. The lowest BCUT2D eigenvalue weighted by molar-refractivity contribution is -0.116. The third-order valence-corrected chi connectivity index (χ3v) is 4.86. The average Bonchev–Trinajstić information content (AvgIpc) is 2.84. The smallest absolute Gasteiger partial charge is 0.343 e. The molecule has 1 aliphatic carbocycles. The van der Waals surface area contributed by atoms with Crippen molar-refractivity contribution in [2.45, 2.75) is 0 Å². The molecule has 0 saturated carbocycles. The summed E-state index contributed by atoms with van der Waals surface area (Å²) in [6.45, 7) is 0. The molecule has 0 radical (unpaired) electrons. The van der Waals surface area contributed by atoms with Gasteiger partial charge in [0.1, 0.15) is 5.75 Å². The third-order valence-electron chi connectivity index (χ3n) is 4.86. The normalized spacial score (nSPS) is 13.0. The second kappa shape index (κ2) is 9.90. The van der Waals surface area contributed by atoms with Crippen molar-refractivity contribution in [2.24, 2.45) is 0 Å². The Labute approximate surface area is 190 Å². The van der Waals surface area contributed by atoms with Gasteiger partial charge in [-0.15, -0.1) is 0 Å². The molecule has 3 rings (SSSR count). The minimum atomic E-state index is -0.729. The van der Waals surface area contributed by atoms with Crippen LogP contribution in [0.4, 0.5) is 0 Å². The minimum Gasteiger partial charge on any atom is -0.493 e. The maximum Gasteiger partial charge on any atom is 0.343 e. The number of carbonyl (C=O) groups is 3. The summed E-state index contributed by atoms with van der Waals surface area (Å²) in [6, 6.07) is 7.39. The summed E-state index contributed by atoms with van der Waals surface area (Å²) in [5.74, 6) is -0.498. The fourth-order valence-corrected chi connectivity index (χ4v) is 3.19. The summed E-state index contributed by atoms with van der Waals surface area (Å²) in [5.41, 5.74) is 0.359. The van der Waals surface area contributed by atoms with Gasteiger partial charge < -0.3 is 28.4 Å². The Morgan fingerprint density at radius 1 is 0.636 bits per heavy atom. The zero-order chi connectivity index (χ0) is 24.1. The van der Waals surface area contributed by atoms with Gasteiger partial charge in [-0.05, 0) is 24.3 Å². The first kappa shape index (κ1) is 23.4. The number of allylic oxidation sites excluding steroid dienone is 3. The van der Waals surface area contributed by atoms with Crippen molar-refractivity contribution in [2.75, 3.05) is 35.5 Å². The van der Waals surface area contributed by atoms with Crippen LogP contribution in [0.5, 0.6) is 28.7 Å². The topological polar surface area (TPSA) is 107 Å². The molecule has 172 valence electrons. The van der Waals surface area contributed by atoms with Gasteiger partial charge in [-0.1, -0.05) is 0 Å². The molecule has 0 aliphatic heterocycles. The second-order valence-corrected chi connectivity index (χ2v) is 6.66. The van der Waals surface area contributed by atoms with Crippen LogP contribution < -0.4 is 23.7 Å². The molecule has 0 spiro atoms. The van der Waals surface area contributed by atoms with Crippen LogP contribution in [0, 0.1) is 0 Å². The van der Waals surface area contributed by atoms with Crippen LogP contribution in [0.15, 0.2) is 48.2 Å². The van der Waals surface area contributed by atoms with Crippen LogP contribution in [0.3, 0.4) is 0 Å². The zero-order valence-electron chi connectivity index (χ0n) is 18.7. The summed E-state index contributed by atoms with van der Waals surface area (Å²) in [7, 11) is 7.05. The molecule has 0 atom stereocenters. The van der Waals surface area contributed by atoms with Crippen LogP contribution in [-0.2, 0) is 14.3 Å². The summed E-state index contributed by atoms with van der Waals surface area (Å²) in [4.78, 5) is 37.9. The molecule has 33 heavy (non-hydrogen) atoms. The van der Waals surface area contributed by atoms with Gasteiger partial charge in [-0.3, -0.25) is 9.59 Å². The molecule has 0 heterocycles. The number of benzene rings is 2. The SMILES string of the molecule is COC1=CC(=O)C(c2cc(OC)c(OC)cc2OC(=O)c2ccc(OC)c(OC)c2)=CC1=O. The Kier molecular flexibility index (Phi) is 7.02. The molecule has 0 saturated heterocycles. The van der Waals surface area contributed by atoms with Gasteiger partial charge in [0.25, 0.3) is 0 Å². The van der Waals surface area contributed by atoms with Crippen molar-refractivity contribution in [1.29, 1.82) is 0 Å². The predicted molar refractivity (Wildman–Crippen MR) is 117 cm³/mol. The molecule has 0 amide bonds. The first-order valence-corrected chi connectivity index (χ1v) is 9.63. The number of esters is 1. The molecular weight excluding hydrogens is 432 g/mol.